The minimum absolute atomic E-state index is 0.894. The highest BCUT2D eigenvalue weighted by molar-refractivity contribution is 4.93. The summed E-state index contributed by atoms with van der Waals surface area (Å²) in [6.07, 6.45) is 4.34. The average Bonchev–Trinajstić information content (AvgIpc) is 2.62. The topological polar surface area (TPSA) is 29.3 Å². The molecule has 1 aromatic heterocycles. The van der Waals surface area contributed by atoms with Gasteiger partial charge in [0.1, 0.15) is 0 Å². The quantitative estimate of drug-likeness (QED) is 0.696. The summed E-state index contributed by atoms with van der Waals surface area (Å²) in [5.41, 5.74) is 0. The SMILES string of the molecule is CC1CCN(Cc2ccno2)CC1. The molecule has 0 unspecified atom stereocenters. The molecule has 3 heteroatoms. The second-order valence-electron chi connectivity index (χ2n) is 3.94. The fourth-order valence-corrected chi connectivity index (χ4v) is 1.76. The molecule has 0 amide bonds. The van der Waals surface area contributed by atoms with Gasteiger partial charge in [-0.25, -0.2) is 0 Å². The van der Waals surface area contributed by atoms with Crippen LogP contribution in [-0.2, 0) is 6.54 Å². The number of hydrogen-bond donors (Lipinski definition) is 0. The summed E-state index contributed by atoms with van der Waals surface area (Å²) in [5, 5.41) is 3.70. The molecule has 72 valence electrons. The molecule has 0 radical (unpaired) electrons. The standard InChI is InChI=1S/C10H16N2O/c1-9-3-6-12(7-4-9)8-10-2-5-11-13-10/h2,5,9H,3-4,6-8H2,1H3. The first-order chi connectivity index (χ1) is 6.34. The lowest BCUT2D eigenvalue weighted by atomic mass is 9.99. The third-order valence-electron chi connectivity index (χ3n) is 2.75. The van der Waals surface area contributed by atoms with Crippen LogP contribution in [0.2, 0.25) is 0 Å². The van der Waals surface area contributed by atoms with Crippen molar-refractivity contribution in [3.8, 4) is 0 Å². The lowest BCUT2D eigenvalue weighted by Gasteiger charge is -2.29. The molecule has 0 N–H and O–H groups in total. The molecule has 0 bridgehead atoms. The molecule has 0 spiro atoms. The van der Waals surface area contributed by atoms with E-state index < -0.39 is 0 Å². The summed E-state index contributed by atoms with van der Waals surface area (Å²) >= 11 is 0. The average molecular weight is 180 g/mol. The lowest BCUT2D eigenvalue weighted by Crippen LogP contribution is -2.32. The third-order valence-corrected chi connectivity index (χ3v) is 2.75. The minimum atomic E-state index is 0.894. The largest absolute Gasteiger partial charge is 0.360 e. The van der Waals surface area contributed by atoms with Crippen LogP contribution in [0.1, 0.15) is 25.5 Å². The zero-order valence-corrected chi connectivity index (χ0v) is 8.07. The van der Waals surface area contributed by atoms with Gasteiger partial charge in [0.05, 0.1) is 12.7 Å². The van der Waals surface area contributed by atoms with Gasteiger partial charge in [0.15, 0.2) is 5.76 Å². The van der Waals surface area contributed by atoms with Crippen LogP contribution >= 0.6 is 0 Å². The molecular formula is C10H16N2O. The van der Waals surface area contributed by atoms with Crippen molar-refractivity contribution >= 4 is 0 Å². The number of rotatable bonds is 2. The van der Waals surface area contributed by atoms with Crippen LogP contribution in [0, 0.1) is 5.92 Å². The lowest BCUT2D eigenvalue weighted by molar-refractivity contribution is 0.168. The Bertz CT molecular complexity index is 237. The van der Waals surface area contributed by atoms with E-state index in [1.54, 1.807) is 6.20 Å². The molecule has 3 nitrogen and oxygen atoms in total. The predicted octanol–water partition coefficient (Wildman–Crippen LogP) is 1.91. The highest BCUT2D eigenvalue weighted by atomic mass is 16.5. The zero-order chi connectivity index (χ0) is 9.10. The monoisotopic (exact) mass is 180 g/mol. The Morgan fingerprint density at radius 1 is 1.54 bits per heavy atom. The molecule has 0 saturated carbocycles. The van der Waals surface area contributed by atoms with Crippen LogP contribution in [0.3, 0.4) is 0 Å². The van der Waals surface area contributed by atoms with Crippen molar-refractivity contribution in [2.24, 2.45) is 5.92 Å². The van der Waals surface area contributed by atoms with E-state index in [-0.39, 0.29) is 0 Å². The van der Waals surface area contributed by atoms with Crippen molar-refractivity contribution in [2.75, 3.05) is 13.1 Å². The molecule has 1 aliphatic rings. The van der Waals surface area contributed by atoms with E-state index in [4.69, 9.17) is 4.52 Å². The van der Waals surface area contributed by atoms with E-state index in [1.807, 2.05) is 6.07 Å². The summed E-state index contributed by atoms with van der Waals surface area (Å²) in [7, 11) is 0. The number of nitrogens with zero attached hydrogens (tertiary/aromatic N) is 2. The normalized spacial score (nSPS) is 20.7. The first kappa shape index (κ1) is 8.75. The summed E-state index contributed by atoms with van der Waals surface area (Å²) < 4.78 is 5.07. The predicted molar refractivity (Wildman–Crippen MR) is 50.2 cm³/mol. The fourth-order valence-electron chi connectivity index (χ4n) is 1.76. The Morgan fingerprint density at radius 2 is 2.31 bits per heavy atom. The molecule has 2 heterocycles. The second kappa shape index (κ2) is 3.92. The van der Waals surface area contributed by atoms with E-state index in [1.165, 1.54) is 25.9 Å². The van der Waals surface area contributed by atoms with Crippen molar-refractivity contribution in [2.45, 2.75) is 26.3 Å². The van der Waals surface area contributed by atoms with Gasteiger partial charge >= 0.3 is 0 Å². The number of hydrogen-bond acceptors (Lipinski definition) is 3. The Labute approximate surface area is 78.7 Å². The summed E-state index contributed by atoms with van der Waals surface area (Å²) in [6, 6.07) is 1.94. The van der Waals surface area contributed by atoms with Gasteiger partial charge in [0, 0.05) is 6.07 Å². The van der Waals surface area contributed by atoms with Gasteiger partial charge in [0.25, 0.3) is 0 Å². The van der Waals surface area contributed by atoms with Gasteiger partial charge in [-0.2, -0.15) is 0 Å². The van der Waals surface area contributed by atoms with Crippen molar-refractivity contribution in [3.05, 3.63) is 18.0 Å². The fraction of sp³-hybridized carbons (Fsp3) is 0.700. The molecule has 0 atom stereocenters. The van der Waals surface area contributed by atoms with Crippen molar-refractivity contribution in [1.29, 1.82) is 0 Å². The first-order valence-electron chi connectivity index (χ1n) is 4.96. The van der Waals surface area contributed by atoms with Crippen LogP contribution < -0.4 is 0 Å². The Kier molecular flexibility index (Phi) is 2.64. The molecule has 1 aromatic rings. The van der Waals surface area contributed by atoms with Crippen LogP contribution in [0.5, 0.6) is 0 Å². The molecular weight excluding hydrogens is 164 g/mol. The Balaban J connectivity index is 1.83. The number of aromatic nitrogens is 1. The van der Waals surface area contributed by atoms with Crippen LogP contribution in [0.15, 0.2) is 16.8 Å². The maximum atomic E-state index is 5.07. The zero-order valence-electron chi connectivity index (χ0n) is 8.07. The Morgan fingerprint density at radius 3 is 2.92 bits per heavy atom. The number of likely N-dealkylation sites (tertiary alicyclic amines) is 1. The van der Waals surface area contributed by atoms with E-state index in [0.29, 0.717) is 0 Å². The maximum Gasteiger partial charge on any atom is 0.150 e. The van der Waals surface area contributed by atoms with Gasteiger partial charge in [-0.05, 0) is 31.8 Å². The Hall–Kier alpha value is -0.830. The van der Waals surface area contributed by atoms with E-state index in [9.17, 15) is 0 Å². The minimum Gasteiger partial charge on any atom is -0.360 e. The highest BCUT2D eigenvalue weighted by Gasteiger charge is 2.16. The molecule has 0 aliphatic carbocycles. The molecule has 1 aliphatic heterocycles. The van der Waals surface area contributed by atoms with Crippen LogP contribution in [-0.4, -0.2) is 23.1 Å². The van der Waals surface area contributed by atoms with Gasteiger partial charge in [-0.1, -0.05) is 12.1 Å². The maximum absolute atomic E-state index is 5.07. The smallest absolute Gasteiger partial charge is 0.150 e. The van der Waals surface area contributed by atoms with Crippen molar-refractivity contribution < 1.29 is 4.52 Å². The van der Waals surface area contributed by atoms with Crippen molar-refractivity contribution in [3.63, 3.8) is 0 Å². The van der Waals surface area contributed by atoms with Gasteiger partial charge in [0.2, 0.25) is 0 Å². The summed E-state index contributed by atoms with van der Waals surface area (Å²) in [4.78, 5) is 2.43. The van der Waals surface area contributed by atoms with Gasteiger partial charge < -0.3 is 4.52 Å². The number of piperidine rings is 1. The second-order valence-corrected chi connectivity index (χ2v) is 3.94. The van der Waals surface area contributed by atoms with E-state index in [2.05, 4.69) is 17.0 Å². The van der Waals surface area contributed by atoms with Gasteiger partial charge in [-0.3, -0.25) is 4.90 Å². The molecule has 13 heavy (non-hydrogen) atoms. The van der Waals surface area contributed by atoms with Crippen LogP contribution in [0.4, 0.5) is 0 Å². The third kappa shape index (κ3) is 2.31. The molecule has 2 rings (SSSR count). The molecule has 0 aromatic carbocycles. The van der Waals surface area contributed by atoms with Gasteiger partial charge in [-0.15, -0.1) is 0 Å². The van der Waals surface area contributed by atoms with E-state index >= 15 is 0 Å². The highest BCUT2D eigenvalue weighted by Crippen LogP contribution is 2.17. The molecule has 1 saturated heterocycles. The summed E-state index contributed by atoms with van der Waals surface area (Å²) in [5.74, 6) is 1.88. The summed E-state index contributed by atoms with van der Waals surface area (Å²) in [6.45, 7) is 5.64. The molecule has 1 fully saturated rings. The van der Waals surface area contributed by atoms with Crippen LogP contribution in [0.25, 0.3) is 0 Å². The van der Waals surface area contributed by atoms with Crippen molar-refractivity contribution in [1.82, 2.24) is 10.1 Å². The first-order valence-corrected chi connectivity index (χ1v) is 4.96. The van der Waals surface area contributed by atoms with E-state index in [0.717, 1.165) is 18.2 Å².